The Morgan fingerprint density at radius 3 is 2.67 bits per heavy atom. The molecule has 1 saturated heterocycles. The SMILES string of the molecule is CC(=O)C1CCN(Cc2nc(C3CC3)no2)CC1. The minimum Gasteiger partial charge on any atom is -0.338 e. The molecule has 2 fully saturated rings. The lowest BCUT2D eigenvalue weighted by Crippen LogP contribution is -2.35. The van der Waals surface area contributed by atoms with Crippen LogP contribution in [-0.2, 0) is 11.3 Å². The second-order valence-electron chi connectivity index (χ2n) is 5.48. The third kappa shape index (κ3) is 2.61. The number of carbonyl (C=O) groups excluding carboxylic acids is 1. The Balaban J connectivity index is 1.52. The van der Waals surface area contributed by atoms with Gasteiger partial charge in [-0.15, -0.1) is 0 Å². The molecule has 1 saturated carbocycles. The van der Waals surface area contributed by atoms with Gasteiger partial charge in [0.25, 0.3) is 0 Å². The summed E-state index contributed by atoms with van der Waals surface area (Å²) < 4.78 is 5.27. The number of hydrogen-bond acceptors (Lipinski definition) is 5. The smallest absolute Gasteiger partial charge is 0.240 e. The number of hydrogen-bond donors (Lipinski definition) is 0. The maximum absolute atomic E-state index is 11.3. The van der Waals surface area contributed by atoms with Crippen LogP contribution in [0.15, 0.2) is 4.52 Å². The van der Waals surface area contributed by atoms with Crippen LogP contribution in [0.2, 0.25) is 0 Å². The minimum absolute atomic E-state index is 0.256. The van der Waals surface area contributed by atoms with Gasteiger partial charge in [-0.1, -0.05) is 5.16 Å². The average Bonchev–Trinajstić information content (AvgIpc) is 3.11. The molecule has 98 valence electrons. The van der Waals surface area contributed by atoms with E-state index in [0.29, 0.717) is 11.7 Å². The van der Waals surface area contributed by atoms with Gasteiger partial charge in [0.2, 0.25) is 5.89 Å². The highest BCUT2D eigenvalue weighted by Crippen LogP contribution is 2.38. The van der Waals surface area contributed by atoms with Crippen molar-refractivity contribution in [2.24, 2.45) is 5.92 Å². The van der Waals surface area contributed by atoms with Crippen LogP contribution >= 0.6 is 0 Å². The van der Waals surface area contributed by atoms with Crippen LogP contribution in [0.3, 0.4) is 0 Å². The Hall–Kier alpha value is -1.23. The van der Waals surface area contributed by atoms with Gasteiger partial charge in [-0.2, -0.15) is 4.98 Å². The Morgan fingerprint density at radius 2 is 2.06 bits per heavy atom. The summed E-state index contributed by atoms with van der Waals surface area (Å²) in [5, 5.41) is 4.02. The molecule has 0 radical (unpaired) electrons. The minimum atomic E-state index is 0.256. The largest absolute Gasteiger partial charge is 0.338 e. The van der Waals surface area contributed by atoms with E-state index in [-0.39, 0.29) is 5.92 Å². The van der Waals surface area contributed by atoms with Gasteiger partial charge in [-0.05, 0) is 45.7 Å². The fourth-order valence-electron chi connectivity index (χ4n) is 2.53. The Morgan fingerprint density at radius 1 is 1.33 bits per heavy atom. The molecule has 0 bridgehead atoms. The van der Waals surface area contributed by atoms with Crippen molar-refractivity contribution in [2.45, 2.75) is 45.1 Å². The van der Waals surface area contributed by atoms with Crippen molar-refractivity contribution in [1.29, 1.82) is 0 Å². The molecule has 0 spiro atoms. The predicted octanol–water partition coefficient (Wildman–Crippen LogP) is 1.75. The van der Waals surface area contributed by atoms with Crippen LogP contribution in [0.5, 0.6) is 0 Å². The van der Waals surface area contributed by atoms with Gasteiger partial charge in [0.1, 0.15) is 5.78 Å². The maximum Gasteiger partial charge on any atom is 0.240 e. The number of likely N-dealkylation sites (tertiary alicyclic amines) is 1. The van der Waals surface area contributed by atoms with E-state index in [1.165, 1.54) is 12.8 Å². The van der Waals surface area contributed by atoms with E-state index < -0.39 is 0 Å². The number of aromatic nitrogens is 2. The van der Waals surface area contributed by atoms with Crippen LogP contribution in [0, 0.1) is 5.92 Å². The van der Waals surface area contributed by atoms with Crippen LogP contribution in [0.25, 0.3) is 0 Å². The first-order chi connectivity index (χ1) is 8.72. The first kappa shape index (κ1) is 11.8. The van der Waals surface area contributed by atoms with E-state index in [1.54, 1.807) is 6.92 Å². The van der Waals surface area contributed by atoms with Gasteiger partial charge in [-0.25, -0.2) is 0 Å². The monoisotopic (exact) mass is 249 g/mol. The molecule has 0 amide bonds. The first-order valence-electron chi connectivity index (χ1n) is 6.77. The van der Waals surface area contributed by atoms with Gasteiger partial charge in [-0.3, -0.25) is 9.69 Å². The van der Waals surface area contributed by atoms with E-state index in [1.807, 2.05) is 0 Å². The average molecular weight is 249 g/mol. The normalized spacial score (nSPS) is 22.3. The number of rotatable bonds is 4. The zero-order chi connectivity index (χ0) is 12.5. The van der Waals surface area contributed by atoms with Crippen molar-refractivity contribution < 1.29 is 9.32 Å². The van der Waals surface area contributed by atoms with E-state index in [0.717, 1.165) is 44.2 Å². The van der Waals surface area contributed by atoms with Crippen molar-refractivity contribution in [3.63, 3.8) is 0 Å². The highest BCUT2D eigenvalue weighted by molar-refractivity contribution is 5.78. The molecular weight excluding hydrogens is 230 g/mol. The maximum atomic E-state index is 11.3. The second-order valence-corrected chi connectivity index (χ2v) is 5.48. The molecule has 0 unspecified atom stereocenters. The van der Waals surface area contributed by atoms with Crippen LogP contribution in [0.1, 0.15) is 50.2 Å². The molecule has 2 heterocycles. The van der Waals surface area contributed by atoms with Crippen molar-refractivity contribution in [3.8, 4) is 0 Å². The quantitative estimate of drug-likeness (QED) is 0.813. The molecule has 2 aliphatic rings. The topological polar surface area (TPSA) is 59.2 Å². The van der Waals surface area contributed by atoms with Crippen LogP contribution < -0.4 is 0 Å². The molecule has 3 rings (SSSR count). The van der Waals surface area contributed by atoms with Gasteiger partial charge >= 0.3 is 0 Å². The summed E-state index contributed by atoms with van der Waals surface area (Å²) in [6.07, 6.45) is 4.31. The molecular formula is C13H19N3O2. The van der Waals surface area contributed by atoms with Gasteiger partial charge in [0.15, 0.2) is 5.82 Å². The van der Waals surface area contributed by atoms with Gasteiger partial charge < -0.3 is 4.52 Å². The summed E-state index contributed by atoms with van der Waals surface area (Å²) in [6.45, 7) is 4.32. The fourth-order valence-corrected chi connectivity index (χ4v) is 2.53. The lowest BCUT2D eigenvalue weighted by Gasteiger charge is -2.29. The van der Waals surface area contributed by atoms with Crippen molar-refractivity contribution >= 4 is 5.78 Å². The lowest BCUT2D eigenvalue weighted by molar-refractivity contribution is -0.122. The Labute approximate surface area is 107 Å². The molecule has 0 atom stereocenters. The molecule has 5 nitrogen and oxygen atoms in total. The summed E-state index contributed by atoms with van der Waals surface area (Å²) in [5.41, 5.74) is 0. The third-order valence-electron chi connectivity index (χ3n) is 3.95. The summed E-state index contributed by atoms with van der Waals surface area (Å²) in [5.74, 6) is 2.72. The summed E-state index contributed by atoms with van der Waals surface area (Å²) >= 11 is 0. The fraction of sp³-hybridized carbons (Fsp3) is 0.769. The highest BCUT2D eigenvalue weighted by atomic mass is 16.5. The van der Waals surface area contributed by atoms with Crippen LogP contribution in [0.4, 0.5) is 0 Å². The zero-order valence-electron chi connectivity index (χ0n) is 10.8. The van der Waals surface area contributed by atoms with E-state index in [4.69, 9.17) is 4.52 Å². The number of carbonyl (C=O) groups is 1. The number of nitrogens with zero attached hydrogens (tertiary/aromatic N) is 3. The van der Waals surface area contributed by atoms with Crippen molar-refractivity contribution in [2.75, 3.05) is 13.1 Å². The van der Waals surface area contributed by atoms with Gasteiger partial charge in [0.05, 0.1) is 6.54 Å². The number of Topliss-reactive ketones (excluding diaryl/α,β-unsaturated/α-hetero) is 1. The van der Waals surface area contributed by atoms with E-state index >= 15 is 0 Å². The molecule has 1 aromatic heterocycles. The van der Waals surface area contributed by atoms with E-state index in [9.17, 15) is 4.79 Å². The Bertz CT molecular complexity index is 431. The molecule has 0 aromatic carbocycles. The molecule has 1 aliphatic carbocycles. The lowest BCUT2D eigenvalue weighted by atomic mass is 9.93. The standard InChI is InChI=1S/C13H19N3O2/c1-9(17)10-4-6-16(7-5-10)8-12-14-13(15-18-12)11-2-3-11/h10-11H,2-8H2,1H3. The third-order valence-corrected chi connectivity index (χ3v) is 3.95. The first-order valence-corrected chi connectivity index (χ1v) is 6.77. The molecule has 18 heavy (non-hydrogen) atoms. The molecule has 1 aliphatic heterocycles. The summed E-state index contributed by atoms with van der Waals surface area (Å²) in [6, 6.07) is 0. The Kier molecular flexibility index (Phi) is 3.16. The van der Waals surface area contributed by atoms with Gasteiger partial charge in [0, 0.05) is 11.8 Å². The molecule has 5 heteroatoms. The highest BCUT2D eigenvalue weighted by Gasteiger charge is 2.29. The number of piperidine rings is 1. The predicted molar refractivity (Wildman–Crippen MR) is 65.0 cm³/mol. The van der Waals surface area contributed by atoms with Crippen molar-refractivity contribution in [1.82, 2.24) is 15.0 Å². The summed E-state index contributed by atoms with van der Waals surface area (Å²) in [7, 11) is 0. The second kappa shape index (κ2) is 4.80. The molecule has 0 N–H and O–H groups in total. The summed E-state index contributed by atoms with van der Waals surface area (Å²) in [4.78, 5) is 18.0. The van der Waals surface area contributed by atoms with Crippen molar-refractivity contribution in [3.05, 3.63) is 11.7 Å². The number of ketones is 1. The van der Waals surface area contributed by atoms with E-state index in [2.05, 4.69) is 15.0 Å². The molecule has 1 aromatic rings. The van der Waals surface area contributed by atoms with Crippen LogP contribution in [-0.4, -0.2) is 33.9 Å². The zero-order valence-corrected chi connectivity index (χ0v) is 10.8.